The van der Waals surface area contributed by atoms with Gasteiger partial charge >= 0.3 is 15.4 Å². The minimum absolute atomic E-state index is 0.0410. The van der Waals surface area contributed by atoms with Crippen LogP contribution in [0.1, 0.15) is 18.9 Å². The van der Waals surface area contributed by atoms with E-state index in [0.29, 0.717) is 0 Å². The van der Waals surface area contributed by atoms with Crippen molar-refractivity contribution in [2.75, 3.05) is 18.9 Å². The lowest BCUT2D eigenvalue weighted by Crippen LogP contribution is -2.35. The van der Waals surface area contributed by atoms with Crippen LogP contribution in [0, 0.1) is 0 Å². The van der Waals surface area contributed by atoms with Crippen molar-refractivity contribution in [2.45, 2.75) is 49.0 Å². The van der Waals surface area contributed by atoms with Gasteiger partial charge in [-0.25, -0.2) is 29.5 Å². The van der Waals surface area contributed by atoms with Crippen molar-refractivity contribution in [2.24, 2.45) is 0 Å². The molecule has 42 heavy (non-hydrogen) atoms. The Morgan fingerprint density at radius 1 is 0.929 bits per heavy atom. The number of aromatic nitrogens is 8. The Balaban J connectivity index is 1.18. The zero-order valence-corrected chi connectivity index (χ0v) is 23.0. The minimum Gasteiger partial charge on any atom is -0.387 e. The van der Waals surface area contributed by atoms with E-state index < -0.39 is 76.7 Å². The number of hydrogen-bond donors (Lipinski definition) is 5. The molecule has 6 unspecified atom stereocenters. The number of nitrogens with one attached hydrogen (secondary N) is 1. The molecule has 0 saturated carbocycles. The molecule has 0 aromatic carbocycles. The third kappa shape index (κ3) is 4.56. The third-order valence-electron chi connectivity index (χ3n) is 7.33. The fraction of sp³-hybridized carbons (Fsp3) is 0.500. The van der Waals surface area contributed by atoms with Gasteiger partial charge in [-0.15, -0.1) is 0 Å². The van der Waals surface area contributed by atoms with Crippen LogP contribution in [-0.2, 0) is 32.2 Å². The SMILES string of the molecule is Nc1ncnc2c1ncn2C1OC2COP(=O)(O)O[C@H]3CC(n4cnc5c(=O)[nH]cnc54)OC3COP(=O)(O)[C@H]2[C@H]1O. The summed E-state index contributed by atoms with van der Waals surface area (Å²) in [5.74, 6) is 0.0648. The monoisotopic (exact) mass is 627 g/mol. The molecule has 3 saturated heterocycles. The summed E-state index contributed by atoms with van der Waals surface area (Å²) in [5, 5.41) is 11.2. The number of phosphoric ester groups is 1. The molecule has 22 heteroatoms. The lowest BCUT2D eigenvalue weighted by atomic mass is 10.2. The second kappa shape index (κ2) is 9.95. The minimum atomic E-state index is -4.81. The number of anilines is 1. The van der Waals surface area contributed by atoms with Gasteiger partial charge < -0.3 is 39.6 Å². The number of nitrogens with two attached hydrogens (primary N) is 1. The highest BCUT2D eigenvalue weighted by atomic mass is 31.2. The lowest BCUT2D eigenvalue weighted by molar-refractivity contribution is -0.0536. The summed E-state index contributed by atoms with van der Waals surface area (Å²) in [7, 11) is -9.55. The van der Waals surface area contributed by atoms with Crippen molar-refractivity contribution in [3.63, 3.8) is 0 Å². The zero-order valence-electron chi connectivity index (χ0n) is 21.2. The normalized spacial score (nSPS) is 37.5. The average Bonchev–Trinajstić information content (AvgIpc) is 3.70. The van der Waals surface area contributed by atoms with Gasteiger partial charge in [-0.1, -0.05) is 0 Å². The van der Waals surface area contributed by atoms with E-state index in [1.54, 1.807) is 0 Å². The molecule has 3 fully saturated rings. The highest BCUT2D eigenvalue weighted by molar-refractivity contribution is 7.53. The molecule has 3 aliphatic heterocycles. The molecule has 0 aliphatic carbocycles. The van der Waals surface area contributed by atoms with E-state index in [0.717, 1.165) is 0 Å². The van der Waals surface area contributed by atoms with Gasteiger partial charge in [0.2, 0.25) is 0 Å². The summed E-state index contributed by atoms with van der Waals surface area (Å²) in [5.41, 5.74) is 4.34. The van der Waals surface area contributed by atoms with Gasteiger partial charge in [0.15, 0.2) is 28.9 Å². The van der Waals surface area contributed by atoms with Gasteiger partial charge in [-0.2, -0.15) is 0 Å². The first-order chi connectivity index (χ1) is 20.0. The van der Waals surface area contributed by atoms with Gasteiger partial charge in [-0.05, 0) is 0 Å². The standard InChI is InChI=1S/C20H23N9O11P2/c21-16-12-17(23-4-22-16)29(7-26-12)20-14(30)15-10(39-20)3-37-42(34,35)40-8-1-11(38-9(8)2-36-41(15,32)33)28-6-27-13-18(28)24-5-25-19(13)31/h4-11,14-15,20,30H,1-3H2,(H,32,33)(H,34,35)(H2,21,22,23)(H,24,25,31)/t8-,9?,10?,11?,14+,15+,20?/m0/s1. The first-order valence-corrected chi connectivity index (χ1v) is 15.6. The molecule has 20 nitrogen and oxygen atoms in total. The van der Waals surface area contributed by atoms with Crippen LogP contribution in [0.2, 0.25) is 0 Å². The van der Waals surface area contributed by atoms with Crippen molar-refractivity contribution in [3.05, 3.63) is 35.7 Å². The fourth-order valence-corrected chi connectivity index (χ4v) is 8.00. The Labute approximate surface area is 233 Å². The number of hydrogen-bond acceptors (Lipinski definition) is 15. The van der Waals surface area contributed by atoms with Crippen LogP contribution < -0.4 is 11.3 Å². The molecule has 6 N–H and O–H groups in total. The maximum Gasteiger partial charge on any atom is 0.472 e. The average molecular weight is 627 g/mol. The number of aliphatic hydroxyl groups excluding tert-OH is 1. The summed E-state index contributed by atoms with van der Waals surface area (Å²) >= 11 is 0. The van der Waals surface area contributed by atoms with Crippen LogP contribution in [0.25, 0.3) is 22.3 Å². The number of H-pyrrole nitrogens is 1. The molecule has 224 valence electrons. The number of nitrogens with zero attached hydrogens (tertiary/aromatic N) is 7. The van der Waals surface area contributed by atoms with Gasteiger partial charge in [0, 0.05) is 6.42 Å². The number of phosphoric acid groups is 1. The summed E-state index contributed by atoms with van der Waals surface area (Å²) in [6, 6.07) is 0. The second-order valence-corrected chi connectivity index (χ2v) is 13.2. The number of aromatic amines is 1. The molecule has 0 spiro atoms. The van der Waals surface area contributed by atoms with Crippen molar-refractivity contribution in [3.8, 4) is 0 Å². The Morgan fingerprint density at radius 2 is 1.67 bits per heavy atom. The maximum atomic E-state index is 13.6. The summed E-state index contributed by atoms with van der Waals surface area (Å²) < 4.78 is 57.1. The van der Waals surface area contributed by atoms with Crippen molar-refractivity contribution in [1.29, 1.82) is 0 Å². The van der Waals surface area contributed by atoms with Gasteiger partial charge in [0.1, 0.15) is 48.1 Å². The topological polar surface area (TPSA) is 274 Å². The predicted octanol–water partition coefficient (Wildman–Crippen LogP) is -0.826. The highest BCUT2D eigenvalue weighted by Crippen LogP contribution is 2.58. The molecule has 0 radical (unpaired) electrons. The zero-order chi connectivity index (χ0) is 29.4. The molecule has 7 heterocycles. The van der Waals surface area contributed by atoms with E-state index in [-0.39, 0.29) is 34.6 Å². The van der Waals surface area contributed by atoms with Crippen LogP contribution in [0.3, 0.4) is 0 Å². The van der Waals surface area contributed by atoms with Gasteiger partial charge in [-0.3, -0.25) is 27.5 Å². The Bertz CT molecular complexity index is 1830. The fourth-order valence-electron chi connectivity index (χ4n) is 5.40. The third-order valence-corrected chi connectivity index (χ3v) is 10.2. The summed E-state index contributed by atoms with van der Waals surface area (Å²) in [6.45, 7) is -1.29. The second-order valence-electron chi connectivity index (χ2n) is 9.82. The number of imidazole rings is 2. The predicted molar refractivity (Wildman–Crippen MR) is 137 cm³/mol. The van der Waals surface area contributed by atoms with E-state index in [1.807, 2.05) is 0 Å². The van der Waals surface area contributed by atoms with Crippen LogP contribution in [0.15, 0.2) is 30.1 Å². The number of aliphatic hydroxyl groups is 1. The van der Waals surface area contributed by atoms with Crippen molar-refractivity contribution >= 4 is 43.6 Å². The molecule has 4 aromatic heterocycles. The first kappa shape index (κ1) is 27.7. The van der Waals surface area contributed by atoms with E-state index in [2.05, 4.69) is 29.9 Å². The highest BCUT2D eigenvalue weighted by Gasteiger charge is 2.56. The van der Waals surface area contributed by atoms with Gasteiger partial charge in [0.05, 0.1) is 32.2 Å². The molecular formula is C20H23N9O11P2. The van der Waals surface area contributed by atoms with Crippen LogP contribution in [0.4, 0.5) is 5.82 Å². The number of nitrogen functional groups attached to an aromatic ring is 1. The smallest absolute Gasteiger partial charge is 0.387 e. The quantitative estimate of drug-likeness (QED) is 0.170. The lowest BCUT2D eigenvalue weighted by Gasteiger charge is -2.25. The Morgan fingerprint density at radius 3 is 2.50 bits per heavy atom. The molecule has 3 aliphatic rings. The van der Waals surface area contributed by atoms with Crippen molar-refractivity contribution < 1.29 is 47.1 Å². The van der Waals surface area contributed by atoms with Crippen LogP contribution in [-0.4, -0.2) is 97.2 Å². The molecule has 7 rings (SSSR count). The van der Waals surface area contributed by atoms with E-state index in [1.165, 1.54) is 34.4 Å². The van der Waals surface area contributed by atoms with E-state index in [4.69, 9.17) is 28.8 Å². The van der Waals surface area contributed by atoms with Crippen molar-refractivity contribution in [1.82, 2.24) is 39.0 Å². The van der Waals surface area contributed by atoms with Crippen LogP contribution in [0.5, 0.6) is 0 Å². The largest absolute Gasteiger partial charge is 0.472 e. The van der Waals surface area contributed by atoms with E-state index >= 15 is 0 Å². The Hall–Kier alpha value is -3.16. The number of rotatable bonds is 2. The van der Waals surface area contributed by atoms with E-state index in [9.17, 15) is 28.8 Å². The summed E-state index contributed by atoms with van der Waals surface area (Å²) in [6.07, 6.45) is -2.72. The molecule has 9 atom stereocenters. The molecule has 0 amide bonds. The van der Waals surface area contributed by atoms with Gasteiger partial charge in [0.25, 0.3) is 5.56 Å². The first-order valence-electron chi connectivity index (χ1n) is 12.5. The summed E-state index contributed by atoms with van der Waals surface area (Å²) in [4.78, 5) is 56.3. The number of ether oxygens (including phenoxy) is 2. The Kier molecular flexibility index (Phi) is 6.55. The maximum absolute atomic E-state index is 13.6. The van der Waals surface area contributed by atoms with Crippen LogP contribution >= 0.6 is 15.4 Å². The molecular weight excluding hydrogens is 604 g/mol. The molecule has 0 bridgehead atoms. The molecule has 4 aromatic rings. The number of fused-ring (bicyclic) bond motifs is 4.